The van der Waals surface area contributed by atoms with E-state index in [-0.39, 0.29) is 6.61 Å². The molecule has 2 heterocycles. The van der Waals surface area contributed by atoms with Crippen molar-refractivity contribution in [1.29, 1.82) is 5.26 Å². The summed E-state index contributed by atoms with van der Waals surface area (Å²) >= 11 is 0. The standard InChI is InChI=1S/C23H25N3O2/c24-17-23(18-5-2-1-3-6-18)10-13-26(14-11-23)15-19(27)16-28-22-8-4-7-21-20(22)9-12-25-21/h1-9,12,19,25,27H,10-11,13-16H2. The second kappa shape index (κ2) is 8.05. The number of aliphatic hydroxyl groups is 1. The minimum atomic E-state index is -0.569. The lowest BCUT2D eigenvalue weighted by molar-refractivity contribution is 0.0557. The fraction of sp³-hybridized carbons (Fsp3) is 0.348. The van der Waals surface area contributed by atoms with Gasteiger partial charge in [0.05, 0.1) is 11.5 Å². The van der Waals surface area contributed by atoms with Crippen LogP contribution >= 0.6 is 0 Å². The maximum absolute atomic E-state index is 10.5. The van der Waals surface area contributed by atoms with E-state index in [1.807, 2.05) is 60.8 Å². The predicted octanol–water partition coefficient (Wildman–Crippen LogP) is 3.46. The number of β-amino-alcohol motifs (C(OH)–C–C–N with tert-alkyl or cyclic N) is 1. The molecule has 0 bridgehead atoms. The van der Waals surface area contributed by atoms with Crippen molar-refractivity contribution in [3.63, 3.8) is 0 Å². The van der Waals surface area contributed by atoms with E-state index in [1.165, 1.54) is 0 Å². The van der Waals surface area contributed by atoms with Crippen LogP contribution in [0, 0.1) is 11.3 Å². The van der Waals surface area contributed by atoms with Crippen LogP contribution in [-0.2, 0) is 5.41 Å². The van der Waals surface area contributed by atoms with E-state index >= 15 is 0 Å². The second-order valence-corrected chi connectivity index (χ2v) is 7.52. The summed E-state index contributed by atoms with van der Waals surface area (Å²) in [4.78, 5) is 5.39. The highest BCUT2D eigenvalue weighted by atomic mass is 16.5. The Balaban J connectivity index is 1.31. The van der Waals surface area contributed by atoms with Crippen molar-refractivity contribution in [3.8, 4) is 11.8 Å². The molecule has 0 aliphatic carbocycles. The van der Waals surface area contributed by atoms with Gasteiger partial charge in [0, 0.05) is 36.7 Å². The van der Waals surface area contributed by atoms with Crippen molar-refractivity contribution in [1.82, 2.24) is 9.88 Å². The van der Waals surface area contributed by atoms with Gasteiger partial charge in [-0.25, -0.2) is 0 Å². The van der Waals surface area contributed by atoms with Gasteiger partial charge in [-0.3, -0.25) is 0 Å². The summed E-state index contributed by atoms with van der Waals surface area (Å²) in [7, 11) is 0. The number of aromatic nitrogens is 1. The second-order valence-electron chi connectivity index (χ2n) is 7.52. The van der Waals surface area contributed by atoms with E-state index < -0.39 is 11.5 Å². The number of benzene rings is 2. The monoisotopic (exact) mass is 375 g/mol. The minimum Gasteiger partial charge on any atom is -0.490 e. The van der Waals surface area contributed by atoms with Gasteiger partial charge in [0.2, 0.25) is 0 Å². The zero-order chi connectivity index (χ0) is 19.4. The van der Waals surface area contributed by atoms with Crippen molar-refractivity contribution >= 4 is 10.9 Å². The molecule has 0 radical (unpaired) electrons. The molecular weight excluding hydrogens is 350 g/mol. The molecule has 0 spiro atoms. The third kappa shape index (κ3) is 3.75. The summed E-state index contributed by atoms with van der Waals surface area (Å²) in [5, 5.41) is 21.3. The van der Waals surface area contributed by atoms with E-state index in [0.29, 0.717) is 6.54 Å². The zero-order valence-electron chi connectivity index (χ0n) is 15.8. The van der Waals surface area contributed by atoms with E-state index in [0.717, 1.165) is 48.1 Å². The Morgan fingerprint density at radius 2 is 1.89 bits per heavy atom. The Morgan fingerprint density at radius 1 is 1.11 bits per heavy atom. The van der Waals surface area contributed by atoms with Gasteiger partial charge in [0.15, 0.2) is 0 Å². The number of nitrogens with one attached hydrogen (secondary N) is 1. The summed E-state index contributed by atoms with van der Waals surface area (Å²) < 4.78 is 5.86. The van der Waals surface area contributed by atoms with Crippen LogP contribution in [0.15, 0.2) is 60.8 Å². The Morgan fingerprint density at radius 3 is 2.64 bits per heavy atom. The number of fused-ring (bicyclic) bond motifs is 1. The lowest BCUT2D eigenvalue weighted by atomic mass is 9.74. The highest BCUT2D eigenvalue weighted by Crippen LogP contribution is 2.34. The normalized spacial score (nSPS) is 17.9. The highest BCUT2D eigenvalue weighted by molar-refractivity contribution is 5.85. The largest absolute Gasteiger partial charge is 0.490 e. The number of piperidine rings is 1. The first-order valence-electron chi connectivity index (χ1n) is 9.76. The number of H-pyrrole nitrogens is 1. The molecule has 5 heteroatoms. The quantitative estimate of drug-likeness (QED) is 0.692. The molecule has 2 aromatic carbocycles. The molecule has 0 saturated carbocycles. The van der Waals surface area contributed by atoms with Gasteiger partial charge < -0.3 is 19.7 Å². The molecule has 1 aliphatic rings. The Labute approximate surface area is 165 Å². The molecular formula is C23H25N3O2. The molecule has 1 atom stereocenters. The number of rotatable bonds is 6. The van der Waals surface area contributed by atoms with Crippen LogP contribution in [0.5, 0.6) is 5.75 Å². The maximum Gasteiger partial charge on any atom is 0.128 e. The summed E-state index contributed by atoms with van der Waals surface area (Å²) in [5.74, 6) is 0.781. The average molecular weight is 375 g/mol. The van der Waals surface area contributed by atoms with Crippen LogP contribution < -0.4 is 4.74 Å². The summed E-state index contributed by atoms with van der Waals surface area (Å²) in [6, 6.07) is 20.4. The van der Waals surface area contributed by atoms with Crippen molar-refractivity contribution in [2.75, 3.05) is 26.2 Å². The molecule has 0 amide bonds. The van der Waals surface area contributed by atoms with Gasteiger partial charge in [-0.1, -0.05) is 36.4 Å². The Kier molecular flexibility index (Phi) is 5.34. The van der Waals surface area contributed by atoms with Gasteiger partial charge in [-0.05, 0) is 36.6 Å². The molecule has 1 unspecified atom stereocenters. The fourth-order valence-electron chi connectivity index (χ4n) is 4.06. The number of aromatic amines is 1. The van der Waals surface area contributed by atoms with E-state index in [1.54, 1.807) is 0 Å². The van der Waals surface area contributed by atoms with Gasteiger partial charge in [0.25, 0.3) is 0 Å². The van der Waals surface area contributed by atoms with Gasteiger partial charge in [0.1, 0.15) is 18.5 Å². The van der Waals surface area contributed by atoms with Gasteiger partial charge >= 0.3 is 0 Å². The summed E-state index contributed by atoms with van der Waals surface area (Å²) in [6.07, 6.45) is 2.88. The van der Waals surface area contributed by atoms with Crippen LogP contribution in [0.4, 0.5) is 0 Å². The Hall–Kier alpha value is -2.81. The van der Waals surface area contributed by atoms with E-state index in [4.69, 9.17) is 4.74 Å². The smallest absolute Gasteiger partial charge is 0.128 e. The number of aliphatic hydroxyl groups excluding tert-OH is 1. The first-order chi connectivity index (χ1) is 13.7. The zero-order valence-corrected chi connectivity index (χ0v) is 15.8. The van der Waals surface area contributed by atoms with Crippen LogP contribution in [-0.4, -0.2) is 47.3 Å². The van der Waals surface area contributed by atoms with Crippen LogP contribution in [0.1, 0.15) is 18.4 Å². The van der Waals surface area contributed by atoms with Crippen molar-refractivity contribution in [3.05, 3.63) is 66.4 Å². The molecule has 3 aromatic rings. The molecule has 1 aromatic heterocycles. The van der Waals surface area contributed by atoms with Crippen LogP contribution in [0.25, 0.3) is 10.9 Å². The van der Waals surface area contributed by atoms with E-state index in [9.17, 15) is 10.4 Å². The molecule has 144 valence electrons. The van der Waals surface area contributed by atoms with Gasteiger partial charge in [-0.2, -0.15) is 5.26 Å². The number of nitrogens with zero attached hydrogens (tertiary/aromatic N) is 2. The average Bonchev–Trinajstić information content (AvgIpc) is 3.23. The maximum atomic E-state index is 10.5. The van der Waals surface area contributed by atoms with E-state index in [2.05, 4.69) is 16.0 Å². The molecule has 4 rings (SSSR count). The van der Waals surface area contributed by atoms with Gasteiger partial charge in [-0.15, -0.1) is 0 Å². The first kappa shape index (κ1) is 18.5. The number of ether oxygens (including phenoxy) is 1. The summed E-state index contributed by atoms with van der Waals surface area (Å²) in [5.41, 5.74) is 1.71. The topological polar surface area (TPSA) is 72.3 Å². The van der Waals surface area contributed by atoms with Crippen molar-refractivity contribution in [2.24, 2.45) is 0 Å². The lowest BCUT2D eigenvalue weighted by Gasteiger charge is -2.38. The summed E-state index contributed by atoms with van der Waals surface area (Å²) in [6.45, 7) is 2.40. The molecule has 1 fully saturated rings. The SMILES string of the molecule is N#CC1(c2ccccc2)CCN(CC(O)COc2cccc3[nH]ccc23)CC1. The first-order valence-corrected chi connectivity index (χ1v) is 9.76. The lowest BCUT2D eigenvalue weighted by Crippen LogP contribution is -2.45. The fourth-order valence-corrected chi connectivity index (χ4v) is 4.06. The van der Waals surface area contributed by atoms with Crippen LogP contribution in [0.2, 0.25) is 0 Å². The predicted molar refractivity (Wildman–Crippen MR) is 109 cm³/mol. The van der Waals surface area contributed by atoms with Crippen LogP contribution in [0.3, 0.4) is 0 Å². The number of nitriles is 1. The molecule has 2 N–H and O–H groups in total. The number of hydrogen-bond donors (Lipinski definition) is 2. The van der Waals surface area contributed by atoms with Crippen molar-refractivity contribution in [2.45, 2.75) is 24.4 Å². The molecule has 28 heavy (non-hydrogen) atoms. The van der Waals surface area contributed by atoms with Crippen molar-refractivity contribution < 1.29 is 9.84 Å². The molecule has 5 nitrogen and oxygen atoms in total. The number of likely N-dealkylation sites (tertiary alicyclic amines) is 1. The third-order valence-electron chi connectivity index (χ3n) is 5.71. The molecule has 1 saturated heterocycles. The number of hydrogen-bond acceptors (Lipinski definition) is 4. The minimum absolute atomic E-state index is 0.253. The Bertz CT molecular complexity index is 953. The molecule has 1 aliphatic heterocycles. The third-order valence-corrected chi connectivity index (χ3v) is 5.71. The highest BCUT2D eigenvalue weighted by Gasteiger charge is 2.36.